The number of alkyl halides is 6. The molecule has 0 radical (unpaired) electrons. The summed E-state index contributed by atoms with van der Waals surface area (Å²) in [4.78, 5) is 12.2. The molecule has 1 amide bonds. The molecule has 5 aromatic carbocycles. The molecule has 0 aliphatic rings. The van der Waals surface area contributed by atoms with Gasteiger partial charge in [-0.3, -0.25) is 4.79 Å². The minimum Gasteiger partial charge on any atom is -0.506 e. The first kappa shape index (κ1) is 29.7. The number of hydrogen-bond donors (Lipinski definition) is 2. The van der Waals surface area contributed by atoms with E-state index in [1.165, 1.54) is 60.7 Å². The Balaban J connectivity index is 1.97. The van der Waals surface area contributed by atoms with Crippen LogP contribution in [0.1, 0.15) is 21.5 Å². The lowest BCUT2D eigenvalue weighted by Gasteiger charge is -2.24. The summed E-state index contributed by atoms with van der Waals surface area (Å²) in [6, 6.07) is 23.1. The van der Waals surface area contributed by atoms with Crippen LogP contribution in [0.25, 0.3) is 44.5 Å². The lowest BCUT2D eigenvalue weighted by Crippen LogP contribution is -2.14. The van der Waals surface area contributed by atoms with E-state index in [2.05, 4.69) is 0 Å². The number of carbonyl (C=O) groups is 1. The third-order valence-corrected chi connectivity index (χ3v) is 7.22. The molecule has 0 aliphatic heterocycles. The van der Waals surface area contributed by atoms with Gasteiger partial charge < -0.3 is 10.8 Å². The van der Waals surface area contributed by atoms with Crippen molar-refractivity contribution in [1.82, 2.24) is 0 Å². The molecule has 0 bridgehead atoms. The summed E-state index contributed by atoms with van der Waals surface area (Å²) in [6.45, 7) is 0. The van der Waals surface area contributed by atoms with Crippen molar-refractivity contribution in [2.75, 3.05) is 0 Å². The van der Waals surface area contributed by atoms with Crippen LogP contribution >= 0.6 is 11.6 Å². The first-order chi connectivity index (χ1) is 20.3. The highest BCUT2D eigenvalue weighted by Gasteiger charge is 2.41. The van der Waals surface area contributed by atoms with Crippen molar-refractivity contribution < 1.29 is 36.2 Å². The molecule has 43 heavy (non-hydrogen) atoms. The highest BCUT2D eigenvalue weighted by atomic mass is 35.5. The van der Waals surface area contributed by atoms with Gasteiger partial charge in [0.1, 0.15) is 5.75 Å². The molecule has 0 atom stereocenters. The first-order valence-corrected chi connectivity index (χ1v) is 13.1. The average Bonchev–Trinajstić information content (AvgIpc) is 2.97. The molecule has 3 nitrogen and oxygen atoms in total. The molecular formula is C33H20ClF6NO2. The molecule has 5 aromatic rings. The van der Waals surface area contributed by atoms with Crippen molar-refractivity contribution in [3.8, 4) is 50.3 Å². The van der Waals surface area contributed by atoms with E-state index in [9.17, 15) is 36.2 Å². The SMILES string of the molecule is NC(=O)c1cc(Cl)c(-c2cccc(-c3ccccc3)c2C(F)(F)F)c(-c2cccc(-c3ccccc3)c2C(F)(F)F)c1O. The number of primary amides is 1. The van der Waals surface area contributed by atoms with Crippen molar-refractivity contribution in [3.63, 3.8) is 0 Å². The molecule has 0 aliphatic carbocycles. The molecule has 0 heterocycles. The molecule has 10 heteroatoms. The Kier molecular flexibility index (Phi) is 7.70. The smallest absolute Gasteiger partial charge is 0.417 e. The molecule has 0 aromatic heterocycles. The summed E-state index contributed by atoms with van der Waals surface area (Å²) in [7, 11) is 0. The largest absolute Gasteiger partial charge is 0.506 e. The maximum Gasteiger partial charge on any atom is 0.417 e. The van der Waals surface area contributed by atoms with Gasteiger partial charge in [-0.1, -0.05) is 109 Å². The Morgan fingerprint density at radius 1 is 0.605 bits per heavy atom. The van der Waals surface area contributed by atoms with Crippen LogP contribution in [0.5, 0.6) is 5.75 Å². The fraction of sp³-hybridized carbons (Fsp3) is 0.0606. The van der Waals surface area contributed by atoms with E-state index >= 15 is 0 Å². The highest BCUT2D eigenvalue weighted by Crippen LogP contribution is 2.53. The van der Waals surface area contributed by atoms with Gasteiger partial charge in [0.05, 0.1) is 21.7 Å². The van der Waals surface area contributed by atoms with Gasteiger partial charge in [-0.05, 0) is 39.4 Å². The van der Waals surface area contributed by atoms with Gasteiger partial charge in [-0.25, -0.2) is 0 Å². The van der Waals surface area contributed by atoms with Gasteiger partial charge in [0.25, 0.3) is 5.91 Å². The number of rotatable bonds is 5. The minimum atomic E-state index is -5.06. The topological polar surface area (TPSA) is 63.3 Å². The normalized spacial score (nSPS) is 11.9. The molecule has 0 fully saturated rings. The number of amides is 1. The summed E-state index contributed by atoms with van der Waals surface area (Å²) in [5.41, 5.74) is -0.464. The van der Waals surface area contributed by atoms with E-state index in [1.54, 1.807) is 24.3 Å². The maximum absolute atomic E-state index is 14.9. The van der Waals surface area contributed by atoms with Crippen LogP contribution in [0.15, 0.2) is 103 Å². The molecule has 5 rings (SSSR count). The van der Waals surface area contributed by atoms with Gasteiger partial charge >= 0.3 is 12.4 Å². The second-order valence-corrected chi connectivity index (χ2v) is 9.96. The number of benzene rings is 5. The van der Waals surface area contributed by atoms with Crippen LogP contribution in [-0.2, 0) is 12.4 Å². The van der Waals surface area contributed by atoms with E-state index in [4.69, 9.17) is 17.3 Å². The second-order valence-electron chi connectivity index (χ2n) is 9.55. The van der Waals surface area contributed by atoms with Gasteiger partial charge in [-0.15, -0.1) is 0 Å². The first-order valence-electron chi connectivity index (χ1n) is 12.7. The Morgan fingerprint density at radius 3 is 1.40 bits per heavy atom. The predicted octanol–water partition coefficient (Wildman–Crippen LogP) is 9.85. The van der Waals surface area contributed by atoms with Crippen molar-refractivity contribution >= 4 is 17.5 Å². The molecule has 0 saturated carbocycles. The average molecular weight is 612 g/mol. The zero-order chi connectivity index (χ0) is 31.1. The summed E-state index contributed by atoms with van der Waals surface area (Å²) in [5, 5.41) is 10.8. The number of phenols is 1. The summed E-state index contributed by atoms with van der Waals surface area (Å²) < 4.78 is 89.2. The quantitative estimate of drug-likeness (QED) is 0.194. The third kappa shape index (κ3) is 5.56. The zero-order valence-electron chi connectivity index (χ0n) is 21.9. The fourth-order valence-electron chi connectivity index (χ4n) is 5.20. The molecule has 0 saturated heterocycles. The van der Waals surface area contributed by atoms with Crippen molar-refractivity contribution in [2.45, 2.75) is 12.4 Å². The Morgan fingerprint density at radius 2 is 1.00 bits per heavy atom. The van der Waals surface area contributed by atoms with Crippen LogP contribution < -0.4 is 5.73 Å². The molecule has 0 unspecified atom stereocenters. The Hall–Kier alpha value is -4.76. The van der Waals surface area contributed by atoms with Gasteiger partial charge in [0.2, 0.25) is 0 Å². The van der Waals surface area contributed by atoms with Crippen LogP contribution in [0.4, 0.5) is 26.3 Å². The number of carbonyl (C=O) groups excluding carboxylic acids is 1. The van der Waals surface area contributed by atoms with Crippen molar-refractivity contribution in [3.05, 3.63) is 125 Å². The van der Waals surface area contributed by atoms with E-state index in [0.717, 1.165) is 18.2 Å². The Bertz CT molecular complexity index is 1840. The summed E-state index contributed by atoms with van der Waals surface area (Å²) in [5.74, 6) is -2.28. The fourth-order valence-corrected chi connectivity index (χ4v) is 5.51. The Labute approximate surface area is 246 Å². The molecular weight excluding hydrogens is 592 g/mol. The number of halogens is 7. The monoisotopic (exact) mass is 611 g/mol. The van der Waals surface area contributed by atoms with Crippen LogP contribution in [0.2, 0.25) is 5.02 Å². The van der Waals surface area contributed by atoms with Gasteiger partial charge in [0.15, 0.2) is 0 Å². The van der Waals surface area contributed by atoms with Gasteiger partial charge in [-0.2, -0.15) is 26.3 Å². The van der Waals surface area contributed by atoms with E-state index in [-0.39, 0.29) is 22.3 Å². The standard InChI is InChI=1S/C33H20ClF6NO2/c34-25-17-24(31(41)43)30(42)27(23-16-8-14-21(29(23)33(38,39)40)19-11-5-2-6-12-19)26(25)22-15-7-13-20(28(22)32(35,36)37)18-9-3-1-4-10-18/h1-17,42H,(H2,41,43). The van der Waals surface area contributed by atoms with E-state index < -0.39 is 68.0 Å². The van der Waals surface area contributed by atoms with Gasteiger partial charge in [0, 0.05) is 11.1 Å². The van der Waals surface area contributed by atoms with Crippen LogP contribution in [-0.4, -0.2) is 11.0 Å². The van der Waals surface area contributed by atoms with Crippen LogP contribution in [0.3, 0.4) is 0 Å². The van der Waals surface area contributed by atoms with E-state index in [0.29, 0.717) is 0 Å². The minimum absolute atomic E-state index is 0.164. The van der Waals surface area contributed by atoms with Crippen molar-refractivity contribution in [1.29, 1.82) is 0 Å². The summed E-state index contributed by atoms with van der Waals surface area (Å²) in [6.07, 6.45) is -10.1. The number of aromatic hydroxyl groups is 1. The highest BCUT2D eigenvalue weighted by molar-refractivity contribution is 6.35. The maximum atomic E-state index is 14.9. The van der Waals surface area contributed by atoms with Crippen LogP contribution in [0, 0.1) is 0 Å². The lowest BCUT2D eigenvalue weighted by molar-refractivity contribution is -0.137. The third-order valence-electron chi connectivity index (χ3n) is 6.92. The molecule has 218 valence electrons. The number of nitrogens with two attached hydrogens (primary N) is 1. The molecule has 0 spiro atoms. The second kappa shape index (κ2) is 11.1. The lowest BCUT2D eigenvalue weighted by atomic mass is 9.83. The summed E-state index contributed by atoms with van der Waals surface area (Å²) >= 11 is 6.51. The molecule has 3 N–H and O–H groups in total. The van der Waals surface area contributed by atoms with E-state index in [1.807, 2.05) is 0 Å². The zero-order valence-corrected chi connectivity index (χ0v) is 22.6. The van der Waals surface area contributed by atoms with Crippen molar-refractivity contribution in [2.24, 2.45) is 5.73 Å². The predicted molar refractivity (Wildman–Crippen MR) is 153 cm³/mol. The number of hydrogen-bond acceptors (Lipinski definition) is 2.